The number of rotatable bonds is 5. The summed E-state index contributed by atoms with van der Waals surface area (Å²) in [5, 5.41) is 9.14. The number of likely N-dealkylation sites (tertiary alicyclic amines) is 1. The summed E-state index contributed by atoms with van der Waals surface area (Å²) in [4.78, 5) is 37.3. The van der Waals surface area contributed by atoms with E-state index < -0.39 is 11.4 Å². The van der Waals surface area contributed by atoms with E-state index in [9.17, 15) is 14.4 Å². The molecule has 1 aliphatic rings. The van der Waals surface area contributed by atoms with Crippen molar-refractivity contribution in [2.45, 2.75) is 26.2 Å². The number of esters is 1. The van der Waals surface area contributed by atoms with Crippen LogP contribution in [0.5, 0.6) is 0 Å². The molecule has 0 aromatic carbocycles. The maximum Gasteiger partial charge on any atom is 0.319 e. The molecule has 1 N–H and O–H groups in total. The third-order valence-electron chi connectivity index (χ3n) is 3.69. The van der Waals surface area contributed by atoms with Crippen molar-refractivity contribution in [1.29, 1.82) is 0 Å². The fourth-order valence-electron chi connectivity index (χ4n) is 2.20. The van der Waals surface area contributed by atoms with Gasteiger partial charge in [-0.25, -0.2) is 4.79 Å². The largest absolute Gasteiger partial charge is 0.481 e. The number of carbonyl (C=O) groups is 3. The first-order valence-electron chi connectivity index (χ1n) is 6.60. The van der Waals surface area contributed by atoms with Gasteiger partial charge in [-0.2, -0.15) is 0 Å². The molecule has 1 saturated heterocycles. The van der Waals surface area contributed by atoms with Gasteiger partial charge in [0.25, 0.3) is 0 Å². The van der Waals surface area contributed by atoms with E-state index in [0.29, 0.717) is 25.9 Å². The summed E-state index contributed by atoms with van der Waals surface area (Å²) in [5.41, 5.74) is -0.859. The zero-order valence-corrected chi connectivity index (χ0v) is 12.2. The molecule has 114 valence electrons. The molecule has 1 atom stereocenters. The van der Waals surface area contributed by atoms with Crippen LogP contribution >= 0.6 is 0 Å². The van der Waals surface area contributed by atoms with Crippen molar-refractivity contribution in [3.63, 3.8) is 0 Å². The van der Waals surface area contributed by atoms with Crippen molar-refractivity contribution in [3.05, 3.63) is 0 Å². The highest BCUT2D eigenvalue weighted by Crippen LogP contribution is 2.30. The molecule has 20 heavy (non-hydrogen) atoms. The summed E-state index contributed by atoms with van der Waals surface area (Å²) in [5.74, 6) is -1.17. The van der Waals surface area contributed by atoms with Gasteiger partial charge in [-0.15, -0.1) is 0 Å². The van der Waals surface area contributed by atoms with Gasteiger partial charge in [-0.05, 0) is 19.8 Å². The lowest BCUT2D eigenvalue weighted by Crippen LogP contribution is -2.42. The van der Waals surface area contributed by atoms with E-state index in [0.717, 1.165) is 0 Å². The maximum absolute atomic E-state index is 12.1. The lowest BCUT2D eigenvalue weighted by atomic mass is 9.90. The Hall–Kier alpha value is -1.79. The fourth-order valence-corrected chi connectivity index (χ4v) is 2.20. The van der Waals surface area contributed by atoms with Gasteiger partial charge in [0.2, 0.25) is 0 Å². The molecule has 0 aromatic heterocycles. The standard InChI is InChI=1S/C13H22N2O5/c1-13(11(17)18)6-8-15(9-13)12(19)14(2)7-4-5-10(16)20-3/h4-9H2,1-3H3,(H,17,18). The average molecular weight is 286 g/mol. The minimum absolute atomic E-state index is 0.195. The Labute approximate surface area is 118 Å². The number of aliphatic carboxylic acids is 1. The van der Waals surface area contributed by atoms with Crippen LogP contribution in [0.4, 0.5) is 4.79 Å². The third kappa shape index (κ3) is 3.85. The quantitative estimate of drug-likeness (QED) is 0.755. The van der Waals surface area contributed by atoms with E-state index in [-0.39, 0.29) is 25.0 Å². The number of amides is 2. The van der Waals surface area contributed by atoms with E-state index >= 15 is 0 Å². The summed E-state index contributed by atoms with van der Waals surface area (Å²) in [6.45, 7) is 2.76. The highest BCUT2D eigenvalue weighted by Gasteiger charge is 2.42. The molecular formula is C13H22N2O5. The van der Waals surface area contributed by atoms with Crippen LogP contribution in [0.25, 0.3) is 0 Å². The van der Waals surface area contributed by atoms with Crippen molar-refractivity contribution in [2.24, 2.45) is 5.41 Å². The van der Waals surface area contributed by atoms with Gasteiger partial charge in [0, 0.05) is 33.1 Å². The van der Waals surface area contributed by atoms with Crippen LogP contribution in [0.3, 0.4) is 0 Å². The van der Waals surface area contributed by atoms with Gasteiger partial charge in [0.15, 0.2) is 0 Å². The third-order valence-corrected chi connectivity index (χ3v) is 3.69. The number of carbonyl (C=O) groups excluding carboxylic acids is 2. The normalized spacial score (nSPS) is 21.6. The lowest BCUT2D eigenvalue weighted by Gasteiger charge is -2.25. The summed E-state index contributed by atoms with van der Waals surface area (Å²) < 4.78 is 4.53. The lowest BCUT2D eigenvalue weighted by molar-refractivity contribution is -0.147. The van der Waals surface area contributed by atoms with E-state index in [1.807, 2.05) is 0 Å². The van der Waals surface area contributed by atoms with Crippen LogP contribution in [-0.4, -0.2) is 66.7 Å². The van der Waals surface area contributed by atoms with E-state index in [4.69, 9.17) is 5.11 Å². The van der Waals surface area contributed by atoms with E-state index in [1.165, 1.54) is 12.0 Å². The number of ether oxygens (including phenoxy) is 1. The fraction of sp³-hybridized carbons (Fsp3) is 0.769. The molecule has 7 nitrogen and oxygen atoms in total. The molecule has 0 saturated carbocycles. The number of urea groups is 1. The van der Waals surface area contributed by atoms with Crippen molar-refractivity contribution < 1.29 is 24.2 Å². The molecule has 1 rings (SSSR count). The Kier molecular flexibility index (Phi) is 5.35. The zero-order valence-electron chi connectivity index (χ0n) is 12.2. The molecule has 1 heterocycles. The second kappa shape index (κ2) is 6.58. The van der Waals surface area contributed by atoms with Gasteiger partial charge < -0.3 is 19.6 Å². The van der Waals surface area contributed by atoms with Crippen LogP contribution in [0.1, 0.15) is 26.2 Å². The predicted octanol–water partition coefficient (Wildman–Crippen LogP) is 0.788. The van der Waals surface area contributed by atoms with Crippen molar-refractivity contribution in [3.8, 4) is 0 Å². The van der Waals surface area contributed by atoms with Crippen LogP contribution in [0, 0.1) is 5.41 Å². The van der Waals surface area contributed by atoms with E-state index in [2.05, 4.69) is 4.74 Å². The van der Waals surface area contributed by atoms with Crippen molar-refractivity contribution in [2.75, 3.05) is 33.8 Å². The predicted molar refractivity (Wildman–Crippen MR) is 71.2 cm³/mol. The molecule has 1 unspecified atom stereocenters. The minimum atomic E-state index is -0.874. The molecule has 7 heteroatoms. The highest BCUT2D eigenvalue weighted by molar-refractivity contribution is 5.79. The minimum Gasteiger partial charge on any atom is -0.481 e. The Bertz CT molecular complexity index is 398. The van der Waals surface area contributed by atoms with Gasteiger partial charge in [-0.3, -0.25) is 9.59 Å². The molecule has 0 bridgehead atoms. The Morgan fingerprint density at radius 2 is 2.05 bits per heavy atom. The molecular weight excluding hydrogens is 264 g/mol. The SMILES string of the molecule is COC(=O)CCCN(C)C(=O)N1CCC(C)(C(=O)O)C1. The summed E-state index contributed by atoms with van der Waals surface area (Å²) in [6.07, 6.45) is 1.25. The first-order valence-corrected chi connectivity index (χ1v) is 6.60. The zero-order chi connectivity index (χ0) is 15.3. The molecule has 0 aliphatic carbocycles. The van der Waals surface area contributed by atoms with Gasteiger partial charge in [-0.1, -0.05) is 0 Å². The Morgan fingerprint density at radius 3 is 2.55 bits per heavy atom. The van der Waals surface area contributed by atoms with Gasteiger partial charge >= 0.3 is 18.0 Å². The van der Waals surface area contributed by atoms with Crippen molar-refractivity contribution in [1.82, 2.24) is 9.80 Å². The molecule has 1 fully saturated rings. The van der Waals surface area contributed by atoms with Crippen LogP contribution in [0.15, 0.2) is 0 Å². The first kappa shape index (κ1) is 16.3. The maximum atomic E-state index is 12.1. The molecule has 0 spiro atoms. The Balaban J connectivity index is 2.43. The summed E-state index contributed by atoms with van der Waals surface area (Å²) >= 11 is 0. The summed E-state index contributed by atoms with van der Waals surface area (Å²) in [6, 6.07) is -0.195. The van der Waals surface area contributed by atoms with Crippen molar-refractivity contribution >= 4 is 18.0 Å². The topological polar surface area (TPSA) is 87.2 Å². The number of carboxylic acid groups (broad SMARTS) is 1. The van der Waals surface area contributed by atoms with Crippen LogP contribution in [-0.2, 0) is 14.3 Å². The molecule has 1 aliphatic heterocycles. The summed E-state index contributed by atoms with van der Waals surface area (Å²) in [7, 11) is 2.98. The highest BCUT2D eigenvalue weighted by atomic mass is 16.5. The second-order valence-corrected chi connectivity index (χ2v) is 5.42. The molecule has 2 amide bonds. The molecule has 0 radical (unpaired) electrons. The number of methoxy groups -OCH3 is 1. The Morgan fingerprint density at radius 1 is 1.40 bits per heavy atom. The van der Waals surface area contributed by atoms with E-state index in [1.54, 1.807) is 18.9 Å². The number of hydrogen-bond acceptors (Lipinski definition) is 4. The number of carboxylic acids is 1. The first-order chi connectivity index (χ1) is 9.30. The van der Waals surface area contributed by atoms with Crippen LogP contribution < -0.4 is 0 Å². The van der Waals surface area contributed by atoms with Gasteiger partial charge in [0.1, 0.15) is 0 Å². The molecule has 0 aromatic rings. The van der Waals surface area contributed by atoms with Crippen LogP contribution in [0.2, 0.25) is 0 Å². The number of hydrogen-bond donors (Lipinski definition) is 1. The second-order valence-electron chi connectivity index (χ2n) is 5.42. The monoisotopic (exact) mass is 286 g/mol. The smallest absolute Gasteiger partial charge is 0.319 e. The number of nitrogens with zero attached hydrogens (tertiary/aromatic N) is 2. The van der Waals surface area contributed by atoms with Gasteiger partial charge in [0.05, 0.1) is 12.5 Å². The average Bonchev–Trinajstić information content (AvgIpc) is 2.81.